The van der Waals surface area contributed by atoms with Gasteiger partial charge in [0.25, 0.3) is 10.1 Å². The first-order chi connectivity index (χ1) is 3.52. The summed E-state index contributed by atoms with van der Waals surface area (Å²) in [6, 6.07) is 0. The third-order valence-corrected chi connectivity index (χ3v) is 2.03. The Morgan fingerprint density at radius 3 is 2.00 bits per heavy atom. The molecule has 1 aliphatic rings. The summed E-state index contributed by atoms with van der Waals surface area (Å²) in [5, 5.41) is 0. The molecule has 1 rings (SSSR count). The van der Waals surface area contributed by atoms with Crippen molar-refractivity contribution in [1.29, 1.82) is 0 Å². The van der Waals surface area contributed by atoms with E-state index in [0.717, 1.165) is 0 Å². The van der Waals surface area contributed by atoms with Crippen LogP contribution in [0.25, 0.3) is 0 Å². The maximum absolute atomic E-state index is 10.0. The molecule has 0 aromatic heterocycles. The summed E-state index contributed by atoms with van der Waals surface area (Å²) in [4.78, 5) is 0. The van der Waals surface area contributed by atoms with Crippen LogP contribution in [0.4, 0.5) is 0 Å². The molecule has 0 aromatic rings. The quantitative estimate of drug-likeness (QED) is 0.396. The Balaban J connectivity index is 2.66. The first-order valence-electron chi connectivity index (χ1n) is 2.13. The van der Waals surface area contributed by atoms with Gasteiger partial charge in [-0.2, -0.15) is 8.42 Å². The number of rotatable bonds is 1. The highest BCUT2D eigenvalue weighted by Gasteiger charge is 2.45. The summed E-state index contributed by atoms with van der Waals surface area (Å²) < 4.78 is 32.7. The van der Waals surface area contributed by atoms with Gasteiger partial charge in [0.2, 0.25) is 5.44 Å². The van der Waals surface area contributed by atoms with Gasteiger partial charge in [0.05, 0.1) is 6.10 Å². The van der Waals surface area contributed by atoms with E-state index in [4.69, 9.17) is 4.55 Å². The average molecular weight is 138 g/mol. The molecule has 1 fully saturated rings. The van der Waals surface area contributed by atoms with Crippen LogP contribution in [0.15, 0.2) is 0 Å². The molecule has 2 atom stereocenters. The fraction of sp³-hybridized carbons (Fsp3) is 1.00. The van der Waals surface area contributed by atoms with Gasteiger partial charge >= 0.3 is 0 Å². The highest BCUT2D eigenvalue weighted by molar-refractivity contribution is 7.86. The van der Waals surface area contributed by atoms with Crippen LogP contribution in [0, 0.1) is 0 Å². The second-order valence-electron chi connectivity index (χ2n) is 1.72. The molecule has 8 heavy (non-hydrogen) atoms. The molecule has 5 heteroatoms. The van der Waals surface area contributed by atoms with E-state index in [1.165, 1.54) is 0 Å². The van der Waals surface area contributed by atoms with E-state index in [2.05, 4.69) is 4.74 Å². The summed E-state index contributed by atoms with van der Waals surface area (Å²) in [6.07, 6.45) is -0.329. The Hall–Kier alpha value is -0.130. The Morgan fingerprint density at radius 1 is 1.62 bits per heavy atom. The summed E-state index contributed by atoms with van der Waals surface area (Å²) >= 11 is 0. The number of hydrogen-bond acceptors (Lipinski definition) is 3. The first-order valence-corrected chi connectivity index (χ1v) is 3.64. The average Bonchev–Trinajstić information content (AvgIpc) is 2.13. The molecule has 0 aliphatic carbocycles. The lowest BCUT2D eigenvalue weighted by atomic mass is 10.6. The lowest BCUT2D eigenvalue weighted by Crippen LogP contribution is -2.06. The van der Waals surface area contributed by atoms with Crippen LogP contribution in [0.1, 0.15) is 6.92 Å². The van der Waals surface area contributed by atoms with Gasteiger partial charge in [-0.3, -0.25) is 4.55 Å². The van der Waals surface area contributed by atoms with Gasteiger partial charge in [-0.15, -0.1) is 0 Å². The fourth-order valence-electron chi connectivity index (χ4n) is 0.479. The molecule has 0 aromatic carbocycles. The van der Waals surface area contributed by atoms with Gasteiger partial charge in [-0.1, -0.05) is 0 Å². The zero-order valence-electron chi connectivity index (χ0n) is 4.23. The predicted molar refractivity (Wildman–Crippen MR) is 25.9 cm³/mol. The van der Waals surface area contributed by atoms with Crippen molar-refractivity contribution in [3.8, 4) is 0 Å². The molecule has 0 bridgehead atoms. The molecular weight excluding hydrogens is 132 g/mol. The van der Waals surface area contributed by atoms with E-state index in [1.54, 1.807) is 6.92 Å². The molecule has 2 unspecified atom stereocenters. The van der Waals surface area contributed by atoms with Crippen molar-refractivity contribution < 1.29 is 17.7 Å². The van der Waals surface area contributed by atoms with E-state index in [1.807, 2.05) is 0 Å². The maximum atomic E-state index is 10.0. The van der Waals surface area contributed by atoms with Crippen molar-refractivity contribution >= 4 is 10.1 Å². The second kappa shape index (κ2) is 1.43. The summed E-state index contributed by atoms with van der Waals surface area (Å²) in [5.74, 6) is 0. The maximum Gasteiger partial charge on any atom is 0.294 e. The molecular formula is C3H6O4S. The van der Waals surface area contributed by atoms with Crippen molar-refractivity contribution in [2.24, 2.45) is 0 Å². The van der Waals surface area contributed by atoms with E-state index in [-0.39, 0.29) is 6.10 Å². The zero-order chi connectivity index (χ0) is 6.36. The SMILES string of the molecule is CC1OC1S(=O)(=O)O. The van der Waals surface area contributed by atoms with Crippen molar-refractivity contribution in [3.05, 3.63) is 0 Å². The van der Waals surface area contributed by atoms with Gasteiger partial charge in [0, 0.05) is 0 Å². The Morgan fingerprint density at radius 2 is 2.00 bits per heavy atom. The van der Waals surface area contributed by atoms with Crippen molar-refractivity contribution in [3.63, 3.8) is 0 Å². The van der Waals surface area contributed by atoms with Crippen LogP contribution < -0.4 is 0 Å². The molecule has 0 saturated carbocycles. The van der Waals surface area contributed by atoms with Gasteiger partial charge < -0.3 is 4.74 Å². The van der Waals surface area contributed by atoms with Gasteiger partial charge in [-0.25, -0.2) is 0 Å². The minimum atomic E-state index is -3.90. The third-order valence-electron chi connectivity index (χ3n) is 0.949. The summed E-state index contributed by atoms with van der Waals surface area (Å²) in [7, 11) is -3.90. The zero-order valence-corrected chi connectivity index (χ0v) is 5.05. The van der Waals surface area contributed by atoms with Crippen LogP contribution in [-0.4, -0.2) is 24.5 Å². The number of epoxide rings is 1. The summed E-state index contributed by atoms with van der Waals surface area (Å²) in [5.41, 5.74) is -0.956. The standard InChI is InChI=1S/C3H6O4S/c1-2-3(7-2)8(4,5)6/h2-3H,1H3,(H,4,5,6). The van der Waals surface area contributed by atoms with Crippen molar-refractivity contribution in [2.75, 3.05) is 0 Å². The topological polar surface area (TPSA) is 66.9 Å². The molecule has 1 N–H and O–H groups in total. The lowest BCUT2D eigenvalue weighted by Gasteiger charge is -1.81. The monoisotopic (exact) mass is 138 g/mol. The highest BCUT2D eigenvalue weighted by atomic mass is 32.2. The van der Waals surface area contributed by atoms with Crippen LogP contribution in [-0.2, 0) is 14.9 Å². The smallest absolute Gasteiger partial charge is 0.294 e. The fourth-order valence-corrected chi connectivity index (χ4v) is 1.28. The van der Waals surface area contributed by atoms with E-state index in [0.29, 0.717) is 0 Å². The van der Waals surface area contributed by atoms with Crippen molar-refractivity contribution in [1.82, 2.24) is 0 Å². The minimum Gasteiger partial charge on any atom is -0.350 e. The first kappa shape index (κ1) is 6.00. The van der Waals surface area contributed by atoms with E-state index < -0.39 is 15.6 Å². The third kappa shape index (κ3) is 0.988. The molecule has 1 saturated heterocycles. The predicted octanol–water partition coefficient (Wildman–Crippen LogP) is -0.381. The molecule has 1 heterocycles. The van der Waals surface area contributed by atoms with Crippen LogP contribution in [0.2, 0.25) is 0 Å². The molecule has 1 aliphatic heterocycles. The van der Waals surface area contributed by atoms with Gasteiger partial charge in [-0.05, 0) is 6.92 Å². The lowest BCUT2D eigenvalue weighted by molar-refractivity contribution is 0.388. The molecule has 0 amide bonds. The van der Waals surface area contributed by atoms with E-state index >= 15 is 0 Å². The van der Waals surface area contributed by atoms with Crippen LogP contribution >= 0.6 is 0 Å². The van der Waals surface area contributed by atoms with Crippen LogP contribution in [0.5, 0.6) is 0 Å². The van der Waals surface area contributed by atoms with E-state index in [9.17, 15) is 8.42 Å². The normalized spacial score (nSPS) is 37.2. The number of hydrogen-bond donors (Lipinski definition) is 1. The van der Waals surface area contributed by atoms with Crippen molar-refractivity contribution in [2.45, 2.75) is 18.5 Å². The summed E-state index contributed by atoms with van der Waals surface area (Å²) in [6.45, 7) is 1.58. The molecule has 0 radical (unpaired) electrons. The Bertz CT molecular complexity index is 181. The Kier molecular flexibility index (Phi) is 1.07. The second-order valence-corrected chi connectivity index (χ2v) is 3.22. The highest BCUT2D eigenvalue weighted by Crippen LogP contribution is 2.25. The number of ether oxygens (including phenoxy) is 1. The molecule has 0 spiro atoms. The van der Waals surface area contributed by atoms with Gasteiger partial charge in [0.15, 0.2) is 0 Å². The minimum absolute atomic E-state index is 0.329. The van der Waals surface area contributed by atoms with Gasteiger partial charge in [0.1, 0.15) is 0 Å². The molecule has 48 valence electrons. The van der Waals surface area contributed by atoms with Crippen LogP contribution in [0.3, 0.4) is 0 Å². The molecule has 4 nitrogen and oxygen atoms in total. The largest absolute Gasteiger partial charge is 0.350 e. The Labute approximate surface area is 47.2 Å².